The van der Waals surface area contributed by atoms with Crippen LogP contribution < -0.4 is 11.1 Å². The predicted molar refractivity (Wildman–Crippen MR) is 75.8 cm³/mol. The molecule has 0 radical (unpaired) electrons. The molecule has 96 valence electrons. The molecule has 2 unspecified atom stereocenters. The first-order chi connectivity index (χ1) is 8.46. The summed E-state index contributed by atoms with van der Waals surface area (Å²) in [6.45, 7) is 4.15. The molecule has 4 nitrogen and oxygen atoms in total. The van der Waals surface area contributed by atoms with Gasteiger partial charge in [-0.15, -0.1) is 0 Å². The largest absolute Gasteiger partial charge is 0.399 e. The molecule has 4 N–H and O–H groups in total. The molecule has 1 aromatic heterocycles. The Kier molecular flexibility index (Phi) is 2.50. The maximum Gasteiger partial charge on any atom is 0.184 e. The van der Waals surface area contributed by atoms with Crippen molar-refractivity contribution in [2.75, 3.05) is 11.1 Å². The fourth-order valence-corrected chi connectivity index (χ4v) is 3.27. The number of fused-ring (bicyclic) bond motifs is 1. The average molecular weight is 263 g/mol. The number of benzene rings is 1. The summed E-state index contributed by atoms with van der Waals surface area (Å²) in [4.78, 5) is 4.54. The zero-order valence-corrected chi connectivity index (χ0v) is 11.3. The van der Waals surface area contributed by atoms with E-state index in [9.17, 15) is 5.11 Å². The van der Waals surface area contributed by atoms with E-state index in [1.54, 1.807) is 11.3 Å². The van der Waals surface area contributed by atoms with E-state index in [0.29, 0.717) is 0 Å². The number of rotatable bonds is 2. The number of anilines is 2. The average Bonchev–Trinajstić information content (AvgIpc) is 2.70. The van der Waals surface area contributed by atoms with Crippen molar-refractivity contribution in [1.29, 1.82) is 0 Å². The third kappa shape index (κ3) is 1.74. The van der Waals surface area contributed by atoms with E-state index in [-0.39, 0.29) is 17.6 Å². The second-order valence-electron chi connectivity index (χ2n) is 5.52. The first kappa shape index (κ1) is 11.7. The van der Waals surface area contributed by atoms with Gasteiger partial charge in [0.25, 0.3) is 0 Å². The van der Waals surface area contributed by atoms with Crippen LogP contribution in [-0.4, -0.2) is 22.2 Å². The number of hydrogen-bond donors (Lipinski definition) is 3. The van der Waals surface area contributed by atoms with Gasteiger partial charge in [-0.25, -0.2) is 4.98 Å². The lowest BCUT2D eigenvalue weighted by Gasteiger charge is -2.49. The van der Waals surface area contributed by atoms with E-state index in [2.05, 4.69) is 24.1 Å². The molecule has 1 heterocycles. The number of hydrogen-bond acceptors (Lipinski definition) is 5. The summed E-state index contributed by atoms with van der Waals surface area (Å²) in [5.41, 5.74) is 7.40. The minimum atomic E-state index is -0.222. The van der Waals surface area contributed by atoms with Crippen LogP contribution in [0.25, 0.3) is 10.2 Å². The Morgan fingerprint density at radius 3 is 2.94 bits per heavy atom. The number of thiazole rings is 1. The Labute approximate surface area is 110 Å². The van der Waals surface area contributed by atoms with Crippen LogP contribution in [0.1, 0.15) is 20.3 Å². The van der Waals surface area contributed by atoms with Crippen LogP contribution in [0.4, 0.5) is 10.8 Å². The smallest absolute Gasteiger partial charge is 0.184 e. The number of nitrogen functional groups attached to an aromatic ring is 1. The molecule has 5 heteroatoms. The van der Waals surface area contributed by atoms with Crippen LogP contribution in [0.3, 0.4) is 0 Å². The number of aromatic nitrogens is 1. The van der Waals surface area contributed by atoms with Gasteiger partial charge >= 0.3 is 0 Å². The van der Waals surface area contributed by atoms with Crippen molar-refractivity contribution in [3.63, 3.8) is 0 Å². The van der Waals surface area contributed by atoms with Crippen molar-refractivity contribution in [3.05, 3.63) is 18.2 Å². The molecule has 0 aliphatic heterocycles. The normalized spacial score (nSPS) is 25.9. The van der Waals surface area contributed by atoms with Gasteiger partial charge in [0.2, 0.25) is 0 Å². The van der Waals surface area contributed by atoms with Gasteiger partial charge in [0.05, 0.1) is 16.3 Å². The molecule has 0 bridgehead atoms. The Balaban J connectivity index is 1.84. The van der Waals surface area contributed by atoms with E-state index in [1.807, 2.05) is 18.2 Å². The summed E-state index contributed by atoms with van der Waals surface area (Å²) < 4.78 is 1.09. The van der Waals surface area contributed by atoms with E-state index in [4.69, 9.17) is 5.73 Å². The topological polar surface area (TPSA) is 71.2 Å². The third-order valence-corrected chi connectivity index (χ3v) is 4.88. The molecule has 1 saturated carbocycles. The number of nitrogens with zero attached hydrogens (tertiary/aromatic N) is 1. The monoisotopic (exact) mass is 263 g/mol. The third-order valence-electron chi connectivity index (χ3n) is 3.93. The zero-order valence-electron chi connectivity index (χ0n) is 10.5. The first-order valence-electron chi connectivity index (χ1n) is 6.07. The summed E-state index contributed by atoms with van der Waals surface area (Å²) in [6, 6.07) is 6.03. The van der Waals surface area contributed by atoms with Crippen molar-refractivity contribution >= 4 is 32.4 Å². The summed E-state index contributed by atoms with van der Waals surface area (Å²) >= 11 is 1.61. The summed E-state index contributed by atoms with van der Waals surface area (Å²) in [7, 11) is 0. The van der Waals surface area contributed by atoms with E-state index in [1.165, 1.54) is 0 Å². The molecule has 0 saturated heterocycles. The lowest BCUT2D eigenvalue weighted by molar-refractivity contribution is -0.0510. The number of nitrogens with two attached hydrogens (primary N) is 1. The van der Waals surface area contributed by atoms with Gasteiger partial charge in [-0.2, -0.15) is 0 Å². The van der Waals surface area contributed by atoms with Crippen LogP contribution >= 0.6 is 11.3 Å². The lowest BCUT2D eigenvalue weighted by Crippen LogP contribution is -2.56. The zero-order chi connectivity index (χ0) is 12.9. The van der Waals surface area contributed by atoms with Gasteiger partial charge in [0.15, 0.2) is 5.13 Å². The molecule has 1 aliphatic rings. The highest BCUT2D eigenvalue weighted by molar-refractivity contribution is 7.22. The fraction of sp³-hybridized carbons (Fsp3) is 0.462. The summed E-state index contributed by atoms with van der Waals surface area (Å²) in [6.07, 6.45) is 0.561. The Bertz CT molecular complexity index is 593. The van der Waals surface area contributed by atoms with E-state index >= 15 is 0 Å². The standard InChI is InChI=1S/C13H17N3OS/c1-13(2)10(6-11(13)17)16-12-15-8-4-3-7(14)5-9(8)18-12/h3-5,10-11,17H,6,14H2,1-2H3,(H,15,16). The van der Waals surface area contributed by atoms with Crippen molar-refractivity contribution in [2.24, 2.45) is 5.41 Å². The summed E-state index contributed by atoms with van der Waals surface area (Å²) in [5.74, 6) is 0. The molecular weight excluding hydrogens is 246 g/mol. The summed E-state index contributed by atoms with van der Waals surface area (Å²) in [5, 5.41) is 14.0. The molecule has 2 aromatic rings. The quantitative estimate of drug-likeness (QED) is 0.728. The molecule has 1 fully saturated rings. The van der Waals surface area contributed by atoms with Crippen LogP contribution in [0.5, 0.6) is 0 Å². The first-order valence-corrected chi connectivity index (χ1v) is 6.89. The van der Waals surface area contributed by atoms with Gasteiger partial charge in [-0.05, 0) is 24.6 Å². The molecule has 1 aliphatic carbocycles. The van der Waals surface area contributed by atoms with Crippen LogP contribution in [-0.2, 0) is 0 Å². The molecule has 0 spiro atoms. The van der Waals surface area contributed by atoms with Gasteiger partial charge in [-0.3, -0.25) is 0 Å². The van der Waals surface area contributed by atoms with Gasteiger partial charge in [-0.1, -0.05) is 25.2 Å². The van der Waals surface area contributed by atoms with Crippen LogP contribution in [0.2, 0.25) is 0 Å². The maximum atomic E-state index is 9.73. The highest BCUT2D eigenvalue weighted by Crippen LogP contribution is 2.43. The number of aliphatic hydroxyl groups excluding tert-OH is 1. The highest BCUT2D eigenvalue weighted by Gasteiger charge is 2.47. The fourth-order valence-electron chi connectivity index (χ4n) is 2.30. The second-order valence-corrected chi connectivity index (χ2v) is 6.55. The Hall–Kier alpha value is -1.33. The molecule has 1 aromatic carbocycles. The van der Waals surface area contributed by atoms with Crippen molar-refractivity contribution < 1.29 is 5.11 Å². The van der Waals surface area contributed by atoms with E-state index in [0.717, 1.165) is 27.5 Å². The van der Waals surface area contributed by atoms with Crippen LogP contribution in [0, 0.1) is 5.41 Å². The van der Waals surface area contributed by atoms with Crippen molar-refractivity contribution in [3.8, 4) is 0 Å². The minimum absolute atomic E-state index is 0.0864. The minimum Gasteiger partial charge on any atom is -0.399 e. The molecular formula is C13H17N3OS. The van der Waals surface area contributed by atoms with Crippen molar-refractivity contribution in [2.45, 2.75) is 32.4 Å². The van der Waals surface area contributed by atoms with E-state index < -0.39 is 0 Å². The lowest BCUT2D eigenvalue weighted by atomic mass is 9.65. The van der Waals surface area contributed by atoms with Gasteiger partial charge in [0, 0.05) is 17.1 Å². The Morgan fingerprint density at radius 1 is 1.50 bits per heavy atom. The SMILES string of the molecule is CC1(C)C(O)CC1Nc1nc2ccc(N)cc2s1. The van der Waals surface area contributed by atoms with Gasteiger partial charge in [0.1, 0.15) is 0 Å². The predicted octanol–water partition coefficient (Wildman–Crippen LogP) is 2.45. The molecule has 0 amide bonds. The second kappa shape index (κ2) is 3.83. The number of nitrogens with one attached hydrogen (secondary N) is 1. The molecule has 18 heavy (non-hydrogen) atoms. The Morgan fingerprint density at radius 2 is 2.28 bits per heavy atom. The van der Waals surface area contributed by atoms with Gasteiger partial charge < -0.3 is 16.2 Å². The number of aliphatic hydroxyl groups is 1. The molecule has 2 atom stereocenters. The highest BCUT2D eigenvalue weighted by atomic mass is 32.1. The maximum absolute atomic E-state index is 9.73. The molecule has 3 rings (SSSR count). The van der Waals surface area contributed by atoms with Crippen molar-refractivity contribution in [1.82, 2.24) is 4.98 Å². The van der Waals surface area contributed by atoms with Crippen LogP contribution in [0.15, 0.2) is 18.2 Å².